The summed E-state index contributed by atoms with van der Waals surface area (Å²) in [4.78, 5) is 51.1. The number of hydrogen-bond acceptors (Lipinski definition) is 7. The van der Waals surface area contributed by atoms with Crippen molar-refractivity contribution in [3.05, 3.63) is 136 Å². The van der Waals surface area contributed by atoms with Crippen molar-refractivity contribution in [2.45, 2.75) is 38.9 Å². The Kier molecular flexibility index (Phi) is 10.4. The SMILES string of the molecule is Cc1c(C(=O)N(C)c2ccc(O)cc2)cc(-c2cc3c(cc2C(=O)N2Cc4ccccc4C[C@H]2CN2CCOCC2)CN(C(=O)Oc2cccc4c2ccn4C)CC3)n1C. The van der Waals surface area contributed by atoms with Gasteiger partial charge in [0, 0.05) is 106 Å². The van der Waals surface area contributed by atoms with Crippen LogP contribution < -0.4 is 9.64 Å². The van der Waals surface area contributed by atoms with Crippen LogP contribution in [0.15, 0.2) is 97.2 Å². The number of aromatic nitrogens is 2. The molecule has 5 heterocycles. The Morgan fingerprint density at radius 3 is 2.38 bits per heavy atom. The lowest BCUT2D eigenvalue weighted by Crippen LogP contribution is -2.52. The summed E-state index contributed by atoms with van der Waals surface area (Å²) in [6.45, 7) is 6.80. The van der Waals surface area contributed by atoms with Crippen molar-refractivity contribution in [1.29, 1.82) is 0 Å². The fourth-order valence-corrected chi connectivity index (χ4v) is 9.05. The maximum absolute atomic E-state index is 15.5. The van der Waals surface area contributed by atoms with Gasteiger partial charge in [-0.2, -0.15) is 0 Å². The van der Waals surface area contributed by atoms with Crippen LogP contribution in [0.4, 0.5) is 10.5 Å². The molecule has 1 saturated heterocycles. The summed E-state index contributed by atoms with van der Waals surface area (Å²) in [6, 6.07) is 28.4. The number of hydrogen-bond donors (Lipinski definition) is 1. The number of carbonyl (C=O) groups excluding carboxylic acids is 3. The van der Waals surface area contributed by atoms with E-state index in [-0.39, 0.29) is 30.2 Å². The van der Waals surface area contributed by atoms with Gasteiger partial charge < -0.3 is 38.4 Å². The van der Waals surface area contributed by atoms with Crippen molar-refractivity contribution in [3.8, 4) is 22.8 Å². The third kappa shape index (κ3) is 7.30. The average molecular weight is 807 g/mol. The van der Waals surface area contributed by atoms with Crippen LogP contribution in [0.3, 0.4) is 0 Å². The molecule has 12 heteroatoms. The van der Waals surface area contributed by atoms with Gasteiger partial charge in [-0.1, -0.05) is 30.3 Å². The quantitative estimate of drug-likeness (QED) is 0.186. The molecule has 308 valence electrons. The van der Waals surface area contributed by atoms with Gasteiger partial charge in [0.15, 0.2) is 0 Å². The molecular weight excluding hydrogens is 757 g/mol. The second-order valence-electron chi connectivity index (χ2n) is 16.3. The first-order valence-corrected chi connectivity index (χ1v) is 20.6. The van der Waals surface area contributed by atoms with Crippen molar-refractivity contribution < 1.29 is 29.0 Å². The normalized spacial score (nSPS) is 16.7. The summed E-state index contributed by atoms with van der Waals surface area (Å²) in [7, 11) is 5.61. The summed E-state index contributed by atoms with van der Waals surface area (Å²) in [5, 5.41) is 10.7. The highest BCUT2D eigenvalue weighted by Gasteiger charge is 2.35. The lowest BCUT2D eigenvalue weighted by molar-refractivity contribution is 0.0193. The number of morpholine rings is 1. The topological polar surface area (TPSA) is 113 Å². The van der Waals surface area contributed by atoms with Gasteiger partial charge >= 0.3 is 6.09 Å². The minimum atomic E-state index is -0.439. The van der Waals surface area contributed by atoms with E-state index in [0.29, 0.717) is 55.3 Å². The molecule has 0 radical (unpaired) electrons. The fourth-order valence-electron chi connectivity index (χ4n) is 9.05. The van der Waals surface area contributed by atoms with E-state index < -0.39 is 6.09 Å². The molecule has 12 nitrogen and oxygen atoms in total. The van der Waals surface area contributed by atoms with Crippen LogP contribution >= 0.6 is 0 Å². The molecule has 4 aromatic carbocycles. The molecule has 0 spiro atoms. The minimum Gasteiger partial charge on any atom is -0.508 e. The lowest BCUT2D eigenvalue weighted by atomic mass is 9.89. The molecule has 1 atom stereocenters. The molecule has 0 unspecified atom stereocenters. The maximum Gasteiger partial charge on any atom is 0.415 e. The van der Waals surface area contributed by atoms with Crippen LogP contribution in [-0.4, -0.2) is 99.3 Å². The number of carbonyl (C=O) groups is 3. The van der Waals surface area contributed by atoms with Crippen LogP contribution in [-0.2, 0) is 44.8 Å². The van der Waals surface area contributed by atoms with Gasteiger partial charge in [0.1, 0.15) is 11.5 Å². The monoisotopic (exact) mass is 806 g/mol. The Balaban J connectivity index is 1.10. The van der Waals surface area contributed by atoms with E-state index in [1.54, 1.807) is 41.1 Å². The fraction of sp³-hybridized carbons (Fsp3) is 0.312. The molecule has 1 N–H and O–H groups in total. The predicted octanol–water partition coefficient (Wildman–Crippen LogP) is 6.93. The van der Waals surface area contributed by atoms with E-state index in [1.165, 1.54) is 5.56 Å². The number of aromatic hydroxyl groups is 1. The number of ether oxygens (including phenoxy) is 2. The largest absolute Gasteiger partial charge is 0.508 e. The zero-order valence-corrected chi connectivity index (χ0v) is 34.6. The minimum absolute atomic E-state index is 0.0761. The van der Waals surface area contributed by atoms with E-state index in [0.717, 1.165) is 70.6 Å². The Morgan fingerprint density at radius 1 is 0.833 bits per heavy atom. The van der Waals surface area contributed by atoms with Crippen molar-refractivity contribution in [2.75, 3.05) is 51.3 Å². The molecule has 3 aliphatic heterocycles. The van der Waals surface area contributed by atoms with Crippen LogP contribution in [0.5, 0.6) is 11.5 Å². The Bertz CT molecular complexity index is 2620. The van der Waals surface area contributed by atoms with Gasteiger partial charge in [0.05, 0.1) is 24.3 Å². The predicted molar refractivity (Wildman–Crippen MR) is 231 cm³/mol. The zero-order chi connectivity index (χ0) is 41.7. The number of nitrogens with zero attached hydrogens (tertiary/aromatic N) is 6. The Labute approximate surface area is 349 Å². The second-order valence-corrected chi connectivity index (χ2v) is 16.3. The van der Waals surface area contributed by atoms with Crippen LogP contribution in [0.1, 0.15) is 48.7 Å². The maximum atomic E-state index is 15.5. The molecule has 3 amide bonds. The number of aryl methyl sites for hydroxylation is 1. The average Bonchev–Trinajstić information content (AvgIpc) is 3.80. The molecule has 9 rings (SSSR count). The molecule has 1 fully saturated rings. The number of benzene rings is 4. The first-order valence-electron chi connectivity index (χ1n) is 20.6. The van der Waals surface area contributed by atoms with Crippen molar-refractivity contribution >= 4 is 34.5 Å². The molecule has 0 aliphatic carbocycles. The van der Waals surface area contributed by atoms with Gasteiger partial charge in [-0.3, -0.25) is 14.5 Å². The van der Waals surface area contributed by atoms with E-state index in [9.17, 15) is 14.7 Å². The third-order valence-corrected chi connectivity index (χ3v) is 12.7. The second kappa shape index (κ2) is 16.0. The zero-order valence-electron chi connectivity index (χ0n) is 34.6. The summed E-state index contributed by atoms with van der Waals surface area (Å²) in [6.07, 6.45) is 2.81. The highest BCUT2D eigenvalue weighted by Crippen LogP contribution is 2.37. The highest BCUT2D eigenvalue weighted by molar-refractivity contribution is 6.08. The van der Waals surface area contributed by atoms with Gasteiger partial charge in [-0.05, 0) is 103 Å². The molecule has 0 saturated carbocycles. The number of fused-ring (bicyclic) bond motifs is 3. The number of amides is 3. The first kappa shape index (κ1) is 39.1. The van der Waals surface area contributed by atoms with E-state index in [4.69, 9.17) is 9.47 Å². The summed E-state index contributed by atoms with van der Waals surface area (Å²) >= 11 is 0. The molecule has 2 aromatic heterocycles. The van der Waals surface area contributed by atoms with Crippen molar-refractivity contribution in [3.63, 3.8) is 0 Å². The van der Waals surface area contributed by atoms with Crippen molar-refractivity contribution in [2.24, 2.45) is 14.1 Å². The highest BCUT2D eigenvalue weighted by atomic mass is 16.6. The molecule has 60 heavy (non-hydrogen) atoms. The Hall–Kier alpha value is -6.37. The Morgan fingerprint density at radius 2 is 1.60 bits per heavy atom. The van der Waals surface area contributed by atoms with E-state index in [1.807, 2.05) is 83.7 Å². The van der Waals surface area contributed by atoms with Crippen LogP contribution in [0.25, 0.3) is 22.2 Å². The van der Waals surface area contributed by atoms with Gasteiger partial charge in [0.25, 0.3) is 11.8 Å². The van der Waals surface area contributed by atoms with Gasteiger partial charge in [-0.25, -0.2) is 4.79 Å². The summed E-state index contributed by atoms with van der Waals surface area (Å²) in [5.41, 5.74) is 9.22. The standard InChI is InChI=1S/C48H50N6O6/c1-31-40(46(56)51(4)36-12-14-38(55)15-13-36)27-44(50(31)3)41-25-33-16-19-53(48(58)60-45-11-7-10-43-39(45)17-18-49(43)2)28-35(33)26-42(41)47(57)54-29-34-9-6-5-8-32(34)24-37(54)30-52-20-22-59-23-21-52/h5-15,17-18,25-27,37,55H,16,19-24,28-30H2,1-4H3/t37-/m0/s1. The number of anilines is 1. The number of rotatable bonds is 7. The molecular formula is C48H50N6O6. The smallest absolute Gasteiger partial charge is 0.415 e. The van der Waals surface area contributed by atoms with Gasteiger partial charge in [-0.15, -0.1) is 0 Å². The van der Waals surface area contributed by atoms with Gasteiger partial charge in [0.2, 0.25) is 0 Å². The first-order chi connectivity index (χ1) is 29.0. The van der Waals surface area contributed by atoms with E-state index >= 15 is 4.79 Å². The third-order valence-electron chi connectivity index (χ3n) is 12.7. The lowest BCUT2D eigenvalue weighted by Gasteiger charge is -2.41. The van der Waals surface area contributed by atoms with E-state index in [2.05, 4.69) is 29.2 Å². The number of phenols is 1. The van der Waals surface area contributed by atoms with Crippen LogP contribution in [0.2, 0.25) is 0 Å². The van der Waals surface area contributed by atoms with Crippen LogP contribution in [0, 0.1) is 6.92 Å². The number of phenolic OH excluding ortho intramolecular Hbond substituents is 1. The molecule has 0 bridgehead atoms. The molecule has 6 aromatic rings. The van der Waals surface area contributed by atoms with Crippen molar-refractivity contribution in [1.82, 2.24) is 23.8 Å². The molecule has 3 aliphatic rings. The summed E-state index contributed by atoms with van der Waals surface area (Å²) < 4.78 is 15.7. The summed E-state index contributed by atoms with van der Waals surface area (Å²) in [5.74, 6) is 0.331.